The van der Waals surface area contributed by atoms with Gasteiger partial charge in [0.05, 0.1) is 39.9 Å². The number of hydrogen-bond acceptors (Lipinski definition) is 4. The minimum Gasteiger partial charge on any atom is -0.249 e. The van der Waals surface area contributed by atoms with E-state index in [1.54, 1.807) is 24.3 Å². The summed E-state index contributed by atoms with van der Waals surface area (Å²) in [5, 5.41) is 2.81. The lowest BCUT2D eigenvalue weighted by molar-refractivity contribution is 0.280. The van der Waals surface area contributed by atoms with Crippen LogP contribution in [0, 0.1) is 0 Å². The van der Waals surface area contributed by atoms with Gasteiger partial charge in [0.1, 0.15) is 5.54 Å². The quantitative estimate of drug-likeness (QED) is 0.527. The second-order valence-electron chi connectivity index (χ2n) is 8.13. The van der Waals surface area contributed by atoms with Crippen LogP contribution < -0.4 is 11.4 Å². The maximum atomic E-state index is 13.6. The van der Waals surface area contributed by atoms with Gasteiger partial charge in [-0.3, -0.25) is 0 Å². The molecule has 2 bridgehead atoms. The number of aromatic amines is 1. The summed E-state index contributed by atoms with van der Waals surface area (Å²) in [5.74, 6) is -0.496. The molecule has 7 nitrogen and oxygen atoms in total. The molecule has 0 spiro atoms. The average molecular weight is 409 g/mol. The molecule has 7 heteroatoms. The molecule has 2 aromatic carbocycles. The average Bonchev–Trinajstić information content (AvgIpc) is 3.39. The molecule has 31 heavy (non-hydrogen) atoms. The lowest BCUT2D eigenvalue weighted by Crippen LogP contribution is -2.46. The smallest absolute Gasteiger partial charge is 0.249 e. The Morgan fingerprint density at radius 3 is 2.03 bits per heavy atom. The van der Waals surface area contributed by atoms with Crippen molar-refractivity contribution in [2.24, 2.45) is 0 Å². The van der Waals surface area contributed by atoms with E-state index in [1.807, 2.05) is 37.3 Å². The third-order valence-electron chi connectivity index (χ3n) is 6.52. The molecule has 0 aliphatic heterocycles. The van der Waals surface area contributed by atoms with Gasteiger partial charge < -0.3 is 0 Å². The number of nitrogens with one attached hydrogen (secondary N) is 1. The van der Waals surface area contributed by atoms with E-state index < -0.39 is 16.9 Å². The van der Waals surface area contributed by atoms with E-state index >= 15 is 0 Å². The fraction of sp³-hybridized carbons (Fsp3) is 0.167. The van der Waals surface area contributed by atoms with Gasteiger partial charge in [-0.2, -0.15) is 0 Å². The zero-order valence-electron chi connectivity index (χ0n) is 16.8. The van der Waals surface area contributed by atoms with Gasteiger partial charge in [0, 0.05) is 0 Å². The van der Waals surface area contributed by atoms with E-state index in [0.29, 0.717) is 5.69 Å². The van der Waals surface area contributed by atoms with Crippen molar-refractivity contribution in [1.82, 2.24) is 24.3 Å². The van der Waals surface area contributed by atoms with Gasteiger partial charge in [0.2, 0.25) is 0 Å². The summed E-state index contributed by atoms with van der Waals surface area (Å²) in [5.41, 5.74) is 2.73. The Labute approximate surface area is 177 Å². The topological polar surface area (TPSA) is 85.6 Å². The zero-order chi connectivity index (χ0) is 21.3. The number of rotatable bonds is 3. The summed E-state index contributed by atoms with van der Waals surface area (Å²) in [6.07, 6.45) is 4.10. The van der Waals surface area contributed by atoms with Crippen LogP contribution >= 0.6 is 0 Å². The molecule has 0 amide bonds. The zero-order valence-corrected chi connectivity index (χ0v) is 16.8. The number of para-hydroxylation sites is 3. The highest BCUT2D eigenvalue weighted by atomic mass is 16.2. The van der Waals surface area contributed by atoms with Crippen molar-refractivity contribution < 1.29 is 0 Å². The van der Waals surface area contributed by atoms with Crippen molar-refractivity contribution in [1.29, 1.82) is 0 Å². The Morgan fingerprint density at radius 2 is 1.48 bits per heavy atom. The van der Waals surface area contributed by atoms with Gasteiger partial charge in [-0.15, -0.1) is 0 Å². The monoisotopic (exact) mass is 409 g/mol. The van der Waals surface area contributed by atoms with E-state index in [1.165, 1.54) is 4.68 Å². The summed E-state index contributed by atoms with van der Waals surface area (Å²) in [6.45, 7) is 6.14. The van der Waals surface area contributed by atoms with Crippen molar-refractivity contribution in [3.8, 4) is 5.69 Å². The number of benzene rings is 2. The van der Waals surface area contributed by atoms with E-state index in [-0.39, 0.29) is 11.8 Å². The highest BCUT2D eigenvalue weighted by Crippen LogP contribution is 2.60. The molecule has 0 saturated carbocycles. The predicted molar refractivity (Wildman–Crippen MR) is 118 cm³/mol. The van der Waals surface area contributed by atoms with Crippen LogP contribution in [0.25, 0.3) is 16.7 Å². The summed E-state index contributed by atoms with van der Waals surface area (Å²) in [6, 6.07) is 16.6. The molecule has 0 radical (unpaired) electrons. The molecule has 0 saturated heterocycles. The molecule has 3 atom stereocenters. The third-order valence-corrected chi connectivity index (χ3v) is 6.52. The molecule has 1 N–H and O–H groups in total. The molecule has 152 valence electrons. The Kier molecular flexibility index (Phi) is 3.46. The normalized spacial score (nSPS) is 23.4. The lowest BCUT2D eigenvalue weighted by Gasteiger charge is -2.35. The van der Waals surface area contributed by atoms with Crippen LogP contribution in [0.2, 0.25) is 0 Å². The maximum absolute atomic E-state index is 13.6. The largest absolute Gasteiger partial charge is 0.352 e. The van der Waals surface area contributed by atoms with Crippen LogP contribution in [-0.2, 0) is 5.54 Å². The first-order valence-corrected chi connectivity index (χ1v) is 10.1. The molecule has 0 fully saturated rings. The first-order chi connectivity index (χ1) is 15.0. The Balaban J connectivity index is 1.63. The highest BCUT2D eigenvalue weighted by Gasteiger charge is 2.60. The predicted octanol–water partition coefficient (Wildman–Crippen LogP) is 2.99. The second kappa shape index (κ2) is 6.01. The molecule has 2 aliphatic carbocycles. The van der Waals surface area contributed by atoms with Crippen molar-refractivity contribution in [2.45, 2.75) is 24.3 Å². The van der Waals surface area contributed by atoms with Crippen molar-refractivity contribution >= 4 is 11.0 Å². The van der Waals surface area contributed by atoms with Crippen LogP contribution in [0.4, 0.5) is 0 Å². The number of hydrogen-bond donors (Lipinski definition) is 1. The minimum atomic E-state index is -0.893. The van der Waals surface area contributed by atoms with E-state index in [4.69, 9.17) is 9.97 Å². The number of fused-ring (bicyclic) bond motifs is 6. The summed E-state index contributed by atoms with van der Waals surface area (Å²) in [7, 11) is 0. The first-order valence-electron chi connectivity index (χ1n) is 10.1. The third kappa shape index (κ3) is 2.12. The first kappa shape index (κ1) is 17.8. The molecular formula is C24H19N5O2. The second-order valence-corrected chi connectivity index (χ2v) is 8.13. The van der Waals surface area contributed by atoms with Gasteiger partial charge >= 0.3 is 11.4 Å². The molecular weight excluding hydrogens is 390 g/mol. The molecule has 2 aliphatic rings. The van der Waals surface area contributed by atoms with Gasteiger partial charge in [0.25, 0.3) is 0 Å². The van der Waals surface area contributed by atoms with Crippen molar-refractivity contribution in [3.05, 3.63) is 111 Å². The van der Waals surface area contributed by atoms with Gasteiger partial charge in [-0.25, -0.2) is 33.9 Å². The summed E-state index contributed by atoms with van der Waals surface area (Å²) >= 11 is 0. The highest BCUT2D eigenvalue weighted by molar-refractivity contribution is 5.75. The van der Waals surface area contributed by atoms with Crippen LogP contribution in [0.1, 0.15) is 30.1 Å². The van der Waals surface area contributed by atoms with Crippen molar-refractivity contribution in [2.75, 3.05) is 0 Å². The van der Waals surface area contributed by atoms with Crippen LogP contribution in [0.3, 0.4) is 0 Å². The van der Waals surface area contributed by atoms with E-state index in [2.05, 4.69) is 23.8 Å². The fourth-order valence-electron chi connectivity index (χ4n) is 5.23. The number of aromatic nitrogens is 5. The molecule has 6 rings (SSSR count). The fourth-order valence-corrected chi connectivity index (χ4v) is 5.23. The Morgan fingerprint density at radius 1 is 0.935 bits per heavy atom. The van der Waals surface area contributed by atoms with E-state index in [9.17, 15) is 9.59 Å². The number of allylic oxidation sites excluding steroid dienone is 3. The Bertz CT molecular complexity index is 1470. The van der Waals surface area contributed by atoms with E-state index in [0.717, 1.165) is 32.6 Å². The Hall–Kier alpha value is -4.00. The summed E-state index contributed by atoms with van der Waals surface area (Å²) in [4.78, 5) is 36.2. The standard InChI is InChI=1S/C24H19N5O2/c1-14(2)24(29-23(31)28(22(30)27-29)15-8-4-3-5-9-15)16-12-13-17(24)21-20(16)25-18-10-6-7-11-19(18)26-21/h3-13,16-17H,1H2,2H3,(H,27,30)/t16-,17+,24?. The molecule has 4 aromatic rings. The molecule has 1 unspecified atom stereocenters. The maximum Gasteiger partial charge on any atom is 0.352 e. The lowest BCUT2D eigenvalue weighted by atomic mass is 9.79. The minimum absolute atomic E-state index is 0.248. The van der Waals surface area contributed by atoms with Crippen LogP contribution in [0.15, 0.2) is 88.5 Å². The van der Waals surface area contributed by atoms with Crippen molar-refractivity contribution in [3.63, 3.8) is 0 Å². The SMILES string of the molecule is C=C(C)C1(n2[nH]c(=O)n(-c3ccccc3)c2=O)[C@@H]2C=C[C@H]1c1nc3ccccc3nc12. The van der Waals surface area contributed by atoms with Crippen LogP contribution in [-0.4, -0.2) is 24.3 Å². The van der Waals surface area contributed by atoms with Gasteiger partial charge in [-0.05, 0) is 31.2 Å². The number of nitrogens with zero attached hydrogens (tertiary/aromatic N) is 4. The molecule has 2 aromatic heterocycles. The van der Waals surface area contributed by atoms with Crippen LogP contribution in [0.5, 0.6) is 0 Å². The number of H-pyrrole nitrogens is 1. The molecule has 2 heterocycles. The summed E-state index contributed by atoms with van der Waals surface area (Å²) < 4.78 is 2.60. The van der Waals surface area contributed by atoms with Gasteiger partial charge in [0.15, 0.2) is 0 Å². The van der Waals surface area contributed by atoms with Gasteiger partial charge in [-0.1, -0.05) is 54.6 Å².